The molecule has 7 heteroatoms. The van der Waals surface area contributed by atoms with Gasteiger partial charge in [-0.3, -0.25) is 9.48 Å². The predicted octanol–water partition coefficient (Wildman–Crippen LogP) is 6.78. The summed E-state index contributed by atoms with van der Waals surface area (Å²) < 4.78 is 29.9. The molecule has 0 amide bonds. The van der Waals surface area contributed by atoms with Crippen LogP contribution < -0.4 is 4.74 Å². The van der Waals surface area contributed by atoms with Crippen LogP contribution in [0.25, 0.3) is 32.8 Å². The SMILES string of the molecule is Cc1c2c(nn1C)COCCCCn1c(C=O)c(CCCOc3cccc4cc(F)ccc34)c3cccc-2c31. The fourth-order valence-corrected chi connectivity index (χ4v) is 5.88. The maximum absolute atomic E-state index is 13.7. The average Bonchev–Trinajstić information content (AvgIpc) is 3.39. The van der Waals surface area contributed by atoms with Crippen LogP contribution >= 0.6 is 0 Å². The first-order chi connectivity index (χ1) is 19.1. The third kappa shape index (κ3) is 4.61. The van der Waals surface area contributed by atoms with E-state index in [0.29, 0.717) is 26.2 Å². The van der Waals surface area contributed by atoms with E-state index in [1.54, 1.807) is 6.07 Å². The normalized spacial score (nSPS) is 13.8. The number of ether oxygens (including phenoxy) is 2. The van der Waals surface area contributed by atoms with Gasteiger partial charge in [0.15, 0.2) is 6.29 Å². The Morgan fingerprint density at radius 3 is 2.85 bits per heavy atom. The molecule has 200 valence electrons. The molecule has 2 aromatic heterocycles. The van der Waals surface area contributed by atoms with E-state index in [9.17, 15) is 9.18 Å². The van der Waals surface area contributed by atoms with Gasteiger partial charge in [-0.1, -0.05) is 30.3 Å². The number of hydrogen-bond donors (Lipinski definition) is 0. The van der Waals surface area contributed by atoms with Crippen molar-refractivity contribution < 1.29 is 18.7 Å². The Hall–Kier alpha value is -3.97. The quantitative estimate of drug-likeness (QED) is 0.181. The van der Waals surface area contributed by atoms with Crippen molar-refractivity contribution in [3.63, 3.8) is 0 Å². The molecular formula is C32H32FN3O3. The molecule has 0 radical (unpaired) electrons. The first-order valence-electron chi connectivity index (χ1n) is 13.6. The van der Waals surface area contributed by atoms with Crippen LogP contribution in [-0.2, 0) is 31.4 Å². The van der Waals surface area contributed by atoms with Gasteiger partial charge in [-0.05, 0) is 67.8 Å². The Morgan fingerprint density at radius 2 is 1.97 bits per heavy atom. The summed E-state index contributed by atoms with van der Waals surface area (Å²) in [4.78, 5) is 12.6. The van der Waals surface area contributed by atoms with Gasteiger partial charge < -0.3 is 14.0 Å². The second-order valence-electron chi connectivity index (χ2n) is 10.2. The summed E-state index contributed by atoms with van der Waals surface area (Å²) in [5.74, 6) is 0.480. The van der Waals surface area contributed by atoms with Crippen molar-refractivity contribution in [2.24, 2.45) is 7.05 Å². The summed E-state index contributed by atoms with van der Waals surface area (Å²) in [7, 11) is 1.96. The molecule has 0 aliphatic carbocycles. The number of aromatic nitrogens is 3. The molecule has 0 unspecified atom stereocenters. The molecule has 0 saturated heterocycles. The lowest BCUT2D eigenvalue weighted by Crippen LogP contribution is -2.06. The van der Waals surface area contributed by atoms with Gasteiger partial charge in [0.2, 0.25) is 0 Å². The van der Waals surface area contributed by atoms with Crippen LogP contribution in [0.5, 0.6) is 5.75 Å². The second-order valence-corrected chi connectivity index (χ2v) is 10.2. The van der Waals surface area contributed by atoms with Gasteiger partial charge in [0.05, 0.1) is 30.1 Å². The minimum absolute atomic E-state index is 0.260. The van der Waals surface area contributed by atoms with E-state index < -0.39 is 0 Å². The zero-order chi connectivity index (χ0) is 26.9. The summed E-state index contributed by atoms with van der Waals surface area (Å²) in [6, 6.07) is 16.7. The van der Waals surface area contributed by atoms with Crippen molar-refractivity contribution >= 4 is 28.0 Å². The van der Waals surface area contributed by atoms with Crippen LogP contribution in [0.3, 0.4) is 0 Å². The van der Waals surface area contributed by atoms with Crippen LogP contribution in [0.15, 0.2) is 54.6 Å². The number of fused-ring (bicyclic) bond motifs is 3. The minimum Gasteiger partial charge on any atom is -0.493 e. The summed E-state index contributed by atoms with van der Waals surface area (Å²) in [6.07, 6.45) is 4.30. The molecule has 0 atom stereocenters. The average molecular weight is 526 g/mol. The molecule has 5 aromatic rings. The first-order valence-corrected chi connectivity index (χ1v) is 13.6. The van der Waals surface area contributed by atoms with Crippen molar-refractivity contribution in [2.75, 3.05) is 13.2 Å². The lowest BCUT2D eigenvalue weighted by atomic mass is 9.98. The van der Waals surface area contributed by atoms with Crippen molar-refractivity contribution in [1.29, 1.82) is 0 Å². The lowest BCUT2D eigenvalue weighted by molar-refractivity contribution is 0.111. The number of carbonyl (C=O) groups is 1. The van der Waals surface area contributed by atoms with E-state index in [1.807, 2.05) is 29.9 Å². The van der Waals surface area contributed by atoms with Crippen molar-refractivity contribution in [2.45, 2.75) is 45.8 Å². The Morgan fingerprint density at radius 1 is 1.10 bits per heavy atom. The smallest absolute Gasteiger partial charge is 0.166 e. The molecule has 0 spiro atoms. The Labute approximate surface area is 226 Å². The Balaban J connectivity index is 1.35. The van der Waals surface area contributed by atoms with Crippen LogP contribution in [0.2, 0.25) is 0 Å². The highest BCUT2D eigenvalue weighted by Crippen LogP contribution is 2.38. The van der Waals surface area contributed by atoms with Crippen LogP contribution in [0.1, 0.15) is 46.7 Å². The van der Waals surface area contributed by atoms with E-state index in [0.717, 1.165) is 93.3 Å². The van der Waals surface area contributed by atoms with Crippen LogP contribution in [0.4, 0.5) is 4.39 Å². The summed E-state index contributed by atoms with van der Waals surface area (Å²) in [5, 5.41) is 7.56. The fraction of sp³-hybridized carbons (Fsp3) is 0.312. The van der Waals surface area contributed by atoms with E-state index in [-0.39, 0.29) is 5.82 Å². The van der Waals surface area contributed by atoms with Gasteiger partial charge in [-0.2, -0.15) is 5.10 Å². The molecule has 39 heavy (non-hydrogen) atoms. The highest BCUT2D eigenvalue weighted by molar-refractivity contribution is 6.02. The lowest BCUT2D eigenvalue weighted by Gasteiger charge is -2.11. The van der Waals surface area contributed by atoms with E-state index in [2.05, 4.69) is 29.7 Å². The van der Waals surface area contributed by atoms with Gasteiger partial charge in [0.25, 0.3) is 0 Å². The number of nitrogens with zero attached hydrogens (tertiary/aromatic N) is 3. The molecule has 1 aliphatic heterocycles. The molecule has 3 aromatic carbocycles. The molecular weight excluding hydrogens is 493 g/mol. The Kier molecular flexibility index (Phi) is 6.92. The molecule has 6 rings (SSSR count). The summed E-state index contributed by atoms with van der Waals surface area (Å²) >= 11 is 0. The highest BCUT2D eigenvalue weighted by Gasteiger charge is 2.24. The molecule has 0 bridgehead atoms. The summed E-state index contributed by atoms with van der Waals surface area (Å²) in [5.41, 5.74) is 7.06. The van der Waals surface area contributed by atoms with Gasteiger partial charge in [-0.25, -0.2) is 4.39 Å². The molecule has 0 saturated carbocycles. The van der Waals surface area contributed by atoms with Gasteiger partial charge in [-0.15, -0.1) is 0 Å². The number of hydrogen-bond acceptors (Lipinski definition) is 4. The number of aldehydes is 1. The highest BCUT2D eigenvalue weighted by atomic mass is 19.1. The van der Waals surface area contributed by atoms with E-state index >= 15 is 0 Å². The molecule has 1 aliphatic rings. The molecule has 3 heterocycles. The maximum atomic E-state index is 13.7. The monoisotopic (exact) mass is 525 g/mol. The number of carbonyl (C=O) groups excluding carboxylic acids is 1. The number of halogens is 1. The number of rotatable bonds is 6. The van der Waals surface area contributed by atoms with Gasteiger partial charge in [0, 0.05) is 47.8 Å². The standard InChI is InChI=1S/C32H32FN3O3/c1-21-31-27-10-6-9-26-25(11-7-17-39-30-12-5-8-22-18-23(33)13-14-24(22)30)29(19-37)36(32(26)27)15-3-4-16-38-20-28(31)34-35(21)2/h5-6,8-10,12-14,18-19H,3-4,7,11,15-17,20H2,1-2H3. The van der Waals surface area contributed by atoms with Crippen molar-refractivity contribution in [3.8, 4) is 16.9 Å². The van der Waals surface area contributed by atoms with Crippen molar-refractivity contribution in [3.05, 3.63) is 83.1 Å². The van der Waals surface area contributed by atoms with Crippen LogP contribution in [0, 0.1) is 12.7 Å². The predicted molar refractivity (Wildman–Crippen MR) is 151 cm³/mol. The van der Waals surface area contributed by atoms with E-state index in [4.69, 9.17) is 14.6 Å². The maximum Gasteiger partial charge on any atom is 0.166 e. The summed E-state index contributed by atoms with van der Waals surface area (Å²) in [6.45, 7) is 4.46. The fourth-order valence-electron chi connectivity index (χ4n) is 5.88. The molecule has 0 N–H and O–H groups in total. The number of para-hydroxylation sites is 1. The number of aryl methyl sites for hydroxylation is 3. The third-order valence-corrected chi connectivity index (χ3v) is 7.81. The van der Waals surface area contributed by atoms with Gasteiger partial charge in [0.1, 0.15) is 11.6 Å². The number of benzene rings is 3. The van der Waals surface area contributed by atoms with Gasteiger partial charge >= 0.3 is 0 Å². The zero-order valence-electron chi connectivity index (χ0n) is 22.4. The van der Waals surface area contributed by atoms with E-state index in [1.165, 1.54) is 12.1 Å². The Bertz CT molecular complexity index is 1680. The first kappa shape index (κ1) is 25.3. The van der Waals surface area contributed by atoms with Crippen LogP contribution in [-0.4, -0.2) is 33.8 Å². The minimum atomic E-state index is -0.260. The largest absolute Gasteiger partial charge is 0.493 e. The zero-order valence-corrected chi connectivity index (χ0v) is 22.4. The molecule has 0 fully saturated rings. The van der Waals surface area contributed by atoms with Crippen molar-refractivity contribution in [1.82, 2.24) is 14.3 Å². The third-order valence-electron chi connectivity index (χ3n) is 7.81. The second kappa shape index (κ2) is 10.7. The topological polar surface area (TPSA) is 58.3 Å². The molecule has 6 nitrogen and oxygen atoms in total.